The highest BCUT2D eigenvalue weighted by molar-refractivity contribution is 5.93. The maximum absolute atomic E-state index is 14.4. The quantitative estimate of drug-likeness (QED) is 0.0241. The minimum absolute atomic E-state index is 0.134. The van der Waals surface area contributed by atoms with Gasteiger partial charge in [-0.3, -0.25) is 14.4 Å². The summed E-state index contributed by atoms with van der Waals surface area (Å²) >= 11 is 0. The molecule has 0 aliphatic heterocycles. The van der Waals surface area contributed by atoms with Crippen LogP contribution in [0.15, 0.2) is 83.9 Å². The molecule has 0 aliphatic rings. The summed E-state index contributed by atoms with van der Waals surface area (Å²) in [6.07, 6.45) is 0.891. The first-order valence-corrected chi connectivity index (χ1v) is 21.7. The summed E-state index contributed by atoms with van der Waals surface area (Å²) in [5, 5.41) is 16.5. The first kappa shape index (κ1) is 53.0. The third kappa shape index (κ3) is 23.3. The zero-order chi connectivity index (χ0) is 46.9. The van der Waals surface area contributed by atoms with Crippen molar-refractivity contribution in [3.05, 3.63) is 101 Å². The van der Waals surface area contributed by atoms with E-state index in [4.69, 9.17) is 40.9 Å². The van der Waals surface area contributed by atoms with Crippen LogP contribution < -0.4 is 53.8 Å². The first-order chi connectivity index (χ1) is 31.6. The van der Waals surface area contributed by atoms with Crippen LogP contribution in [0.1, 0.15) is 54.4 Å². The van der Waals surface area contributed by atoms with Gasteiger partial charge in [-0.25, -0.2) is 9.59 Å². The largest absolute Gasteiger partial charge is 0.491 e. The topological polar surface area (TPSA) is 294 Å². The maximum Gasteiger partial charge on any atom is 0.344 e. The zero-order valence-electron chi connectivity index (χ0n) is 37.1. The van der Waals surface area contributed by atoms with Gasteiger partial charge in [0.25, 0.3) is 0 Å². The Morgan fingerprint density at radius 3 is 1.82 bits per heavy atom. The number of hydrogen-bond acceptors (Lipinski definition) is 11. The van der Waals surface area contributed by atoms with E-state index in [0.29, 0.717) is 89.1 Å². The number of nitrogens with one attached hydrogen (secondary N) is 6. The highest BCUT2D eigenvalue weighted by Gasteiger charge is 2.28. The number of aliphatic imine (C=N–C) groups is 1. The SMILES string of the molecule is CCC(=O)NCCNC(=O)/N=C(/N)NCCC[C@@H](NC(=O)C(c1ccccc1)c1cccc(OCCOCCOCCOCCOCCN)c1)C(=O)NCc1ccc(CNC(N)=O)cc1. The molecule has 65 heavy (non-hydrogen) atoms. The van der Waals surface area contributed by atoms with E-state index in [-0.39, 0.29) is 57.6 Å². The molecule has 0 heterocycles. The van der Waals surface area contributed by atoms with Gasteiger partial charge in [0.2, 0.25) is 17.7 Å². The molecule has 20 nitrogen and oxygen atoms in total. The predicted molar refractivity (Wildman–Crippen MR) is 245 cm³/mol. The Balaban J connectivity index is 1.62. The van der Waals surface area contributed by atoms with Gasteiger partial charge in [-0.05, 0) is 47.2 Å². The van der Waals surface area contributed by atoms with Crippen molar-refractivity contribution in [2.75, 3.05) is 85.6 Å². The average molecular weight is 907 g/mol. The Hall–Kier alpha value is -6.32. The number of hydrogen-bond donors (Lipinski definition) is 9. The van der Waals surface area contributed by atoms with E-state index in [1.807, 2.05) is 60.7 Å². The van der Waals surface area contributed by atoms with Gasteiger partial charge in [0.1, 0.15) is 18.4 Å². The zero-order valence-corrected chi connectivity index (χ0v) is 37.1. The van der Waals surface area contributed by atoms with Crippen molar-refractivity contribution < 1.29 is 47.7 Å². The molecular weight excluding hydrogens is 841 g/mol. The van der Waals surface area contributed by atoms with E-state index < -0.39 is 35.8 Å². The number of urea groups is 2. The Labute approximate surface area is 380 Å². The Kier molecular flexibility index (Phi) is 26.4. The normalized spacial score (nSPS) is 12.1. The number of carbonyl (C=O) groups is 5. The number of nitrogens with two attached hydrogens (primary N) is 3. The standard InChI is InChI=1S/C45H66N10O10/c1-2-39(56)49-19-20-51-45(60)55-43(47)50-18-7-12-38(41(57)52-31-33-13-15-34(16-14-33)32-53-44(48)59)54-42(58)40(35-8-4-3-5-9-35)36-10-6-11-37(30-36)65-29-28-64-27-26-63-25-24-62-23-22-61-21-17-46/h3-6,8-11,13-16,30,38,40H,2,7,12,17-29,31-32,46H2,1H3,(H,49,56)(H,52,57)(H,54,58)(H3,48,53,59)(H4,47,50,51,55,60)/t38-,40?/m1/s1. The maximum atomic E-state index is 14.4. The van der Waals surface area contributed by atoms with Crippen LogP contribution >= 0.6 is 0 Å². The molecule has 3 aromatic carbocycles. The fraction of sp³-hybridized carbons (Fsp3) is 0.467. The van der Waals surface area contributed by atoms with Crippen LogP contribution in [0.5, 0.6) is 5.75 Å². The number of primary amides is 1. The lowest BCUT2D eigenvalue weighted by Crippen LogP contribution is -2.48. The number of carbonyl (C=O) groups excluding carboxylic acids is 5. The molecule has 0 spiro atoms. The van der Waals surface area contributed by atoms with Crippen LogP contribution in [-0.4, -0.2) is 127 Å². The van der Waals surface area contributed by atoms with E-state index in [2.05, 4.69) is 36.9 Å². The molecule has 2 atom stereocenters. The lowest BCUT2D eigenvalue weighted by atomic mass is 9.90. The van der Waals surface area contributed by atoms with Crippen molar-refractivity contribution in [2.45, 2.75) is 51.2 Å². The van der Waals surface area contributed by atoms with Gasteiger partial charge in [0.05, 0.1) is 58.8 Å². The fourth-order valence-corrected chi connectivity index (χ4v) is 6.00. The average Bonchev–Trinajstić information content (AvgIpc) is 3.30. The predicted octanol–water partition coefficient (Wildman–Crippen LogP) is 1.11. The van der Waals surface area contributed by atoms with Crippen molar-refractivity contribution in [2.24, 2.45) is 22.2 Å². The third-order valence-corrected chi connectivity index (χ3v) is 9.29. The molecule has 20 heteroatoms. The van der Waals surface area contributed by atoms with E-state index in [0.717, 1.165) is 11.1 Å². The number of guanidine groups is 1. The summed E-state index contributed by atoms with van der Waals surface area (Å²) in [4.78, 5) is 66.7. The summed E-state index contributed by atoms with van der Waals surface area (Å²) in [6.45, 7) is 7.02. The molecule has 0 saturated heterocycles. The van der Waals surface area contributed by atoms with E-state index >= 15 is 0 Å². The lowest BCUT2D eigenvalue weighted by Gasteiger charge is -2.24. The third-order valence-electron chi connectivity index (χ3n) is 9.29. The first-order valence-electron chi connectivity index (χ1n) is 21.7. The van der Waals surface area contributed by atoms with Gasteiger partial charge < -0.3 is 72.8 Å². The van der Waals surface area contributed by atoms with Gasteiger partial charge in [-0.15, -0.1) is 0 Å². The van der Waals surface area contributed by atoms with Gasteiger partial charge in [0, 0.05) is 45.7 Å². The minimum Gasteiger partial charge on any atom is -0.491 e. The summed E-state index contributed by atoms with van der Waals surface area (Å²) < 4.78 is 27.9. The molecule has 7 amide bonds. The summed E-state index contributed by atoms with van der Waals surface area (Å²) in [6, 6.07) is 21.4. The number of ether oxygens (including phenoxy) is 5. The van der Waals surface area contributed by atoms with E-state index in [1.54, 1.807) is 25.1 Å². The van der Waals surface area contributed by atoms with Crippen molar-refractivity contribution in [1.82, 2.24) is 31.9 Å². The van der Waals surface area contributed by atoms with E-state index in [9.17, 15) is 24.0 Å². The lowest BCUT2D eigenvalue weighted by molar-refractivity contribution is -0.129. The fourth-order valence-electron chi connectivity index (χ4n) is 6.00. The van der Waals surface area contributed by atoms with Crippen LogP contribution in [0.2, 0.25) is 0 Å². The van der Waals surface area contributed by atoms with Crippen molar-refractivity contribution in [3.8, 4) is 5.75 Å². The van der Waals surface area contributed by atoms with Crippen LogP contribution in [-0.2, 0) is 46.4 Å². The van der Waals surface area contributed by atoms with Gasteiger partial charge in [0.15, 0.2) is 5.96 Å². The smallest absolute Gasteiger partial charge is 0.344 e. The Bertz CT molecular complexity index is 1890. The van der Waals surface area contributed by atoms with E-state index in [1.165, 1.54) is 0 Å². The molecule has 0 saturated carbocycles. The number of amides is 7. The molecule has 3 aromatic rings. The molecule has 0 aliphatic carbocycles. The molecule has 0 bridgehead atoms. The Morgan fingerprint density at radius 1 is 0.615 bits per heavy atom. The van der Waals surface area contributed by atoms with Crippen molar-refractivity contribution in [1.29, 1.82) is 0 Å². The van der Waals surface area contributed by atoms with Gasteiger partial charge in [-0.2, -0.15) is 4.99 Å². The summed E-state index contributed by atoms with van der Waals surface area (Å²) in [5.41, 5.74) is 19.5. The molecule has 356 valence electrons. The van der Waals surface area contributed by atoms with Crippen LogP contribution in [0.3, 0.4) is 0 Å². The molecule has 0 aromatic heterocycles. The Morgan fingerprint density at radius 2 is 1.20 bits per heavy atom. The molecule has 12 N–H and O–H groups in total. The van der Waals surface area contributed by atoms with Crippen LogP contribution in [0.4, 0.5) is 9.59 Å². The minimum atomic E-state index is -0.969. The second-order valence-electron chi connectivity index (χ2n) is 14.3. The van der Waals surface area contributed by atoms with Crippen molar-refractivity contribution >= 4 is 35.7 Å². The molecule has 0 radical (unpaired) electrons. The summed E-state index contributed by atoms with van der Waals surface area (Å²) in [7, 11) is 0. The van der Waals surface area contributed by atoms with Gasteiger partial charge >= 0.3 is 12.1 Å². The molecule has 3 rings (SSSR count). The number of benzene rings is 3. The number of nitrogens with zero attached hydrogens (tertiary/aromatic N) is 1. The van der Waals surface area contributed by atoms with Gasteiger partial charge in [-0.1, -0.05) is 73.7 Å². The summed E-state index contributed by atoms with van der Waals surface area (Å²) in [5.74, 6) is -1.36. The monoisotopic (exact) mass is 906 g/mol. The molecular formula is C45H66N10O10. The second-order valence-corrected chi connectivity index (χ2v) is 14.3. The second kappa shape index (κ2) is 32.4. The van der Waals surface area contributed by atoms with Crippen LogP contribution in [0.25, 0.3) is 0 Å². The van der Waals surface area contributed by atoms with Crippen molar-refractivity contribution in [3.63, 3.8) is 0 Å². The molecule has 1 unspecified atom stereocenters. The highest BCUT2D eigenvalue weighted by Crippen LogP contribution is 2.28. The number of rotatable bonds is 32. The highest BCUT2D eigenvalue weighted by atomic mass is 16.6. The molecule has 0 fully saturated rings. The van der Waals surface area contributed by atoms with Crippen LogP contribution in [0, 0.1) is 0 Å².